The number of methoxy groups -OCH3 is 1. The van der Waals surface area contributed by atoms with Gasteiger partial charge in [-0.15, -0.1) is 11.8 Å². The van der Waals surface area contributed by atoms with E-state index >= 15 is 0 Å². The van der Waals surface area contributed by atoms with E-state index in [2.05, 4.69) is 27.7 Å². The molecule has 0 spiro atoms. The second kappa shape index (κ2) is 25.9. The van der Waals surface area contributed by atoms with Crippen molar-refractivity contribution >= 4 is 47.0 Å². The van der Waals surface area contributed by atoms with E-state index in [9.17, 15) is 19.2 Å². The molecule has 0 fully saturated rings. The monoisotopic (exact) mass is 764 g/mol. The van der Waals surface area contributed by atoms with Gasteiger partial charge in [-0.05, 0) is 68.2 Å². The van der Waals surface area contributed by atoms with E-state index < -0.39 is 22.8 Å². The molecule has 3 rings (SSSR count). The van der Waals surface area contributed by atoms with E-state index in [0.29, 0.717) is 16.4 Å². The van der Waals surface area contributed by atoms with Crippen LogP contribution in [0.1, 0.15) is 81.1 Å². The summed E-state index contributed by atoms with van der Waals surface area (Å²) >= 11 is 1.75. The maximum absolute atomic E-state index is 12.3. The summed E-state index contributed by atoms with van der Waals surface area (Å²) < 4.78 is 10.2. The largest absolute Gasteiger partial charge is 0.478 e. The second-order valence-corrected chi connectivity index (χ2v) is 14.5. The topological polar surface area (TPSA) is 179 Å². The van der Waals surface area contributed by atoms with Gasteiger partial charge in [0, 0.05) is 33.7 Å². The Morgan fingerprint density at radius 3 is 1.61 bits per heavy atom. The third kappa shape index (κ3) is 19.7. The van der Waals surface area contributed by atoms with Gasteiger partial charge in [0.25, 0.3) is 0 Å². The highest BCUT2D eigenvalue weighted by Crippen LogP contribution is 2.30. The Morgan fingerprint density at radius 1 is 0.778 bits per heavy atom. The molecule has 2 unspecified atom stereocenters. The van der Waals surface area contributed by atoms with Crippen molar-refractivity contribution in [1.29, 1.82) is 0 Å². The standard InChI is InChI=1S/C17H22O4.C13H14O4.C9H14N2S.C4H10/c1-4-14(5-2)21-16(20)17(3)11-6-7-13(10-12-17)8-9-15(18)19;1-13(12(16)17-2)8-3-4-10(7-9-13)5-6-11(14)15;1-6(2)12-9-4-3-7(10)5-8(9)11;1-3-4-2/h6-12,14H,4-5H2,1-3H3,(H,18,19);3-9H,1-2H3,(H,14,15);3-6H,10-11H2,1-2H3;3-4H2,1-2H3/b9-8+;6-5+;;. The number of nitrogen functional groups attached to an aromatic ring is 2. The first-order chi connectivity index (χ1) is 25.4. The first-order valence-electron chi connectivity index (χ1n) is 18.0. The third-order valence-corrected chi connectivity index (χ3v) is 8.79. The predicted octanol–water partition coefficient (Wildman–Crippen LogP) is 9.43. The molecule has 1 aromatic rings. The van der Waals surface area contributed by atoms with Crippen LogP contribution in [0.25, 0.3) is 0 Å². The van der Waals surface area contributed by atoms with Crippen molar-refractivity contribution in [2.75, 3.05) is 18.6 Å². The molecule has 0 radical (unpaired) electrons. The molecule has 0 aliphatic heterocycles. The number of aliphatic carboxylic acids is 2. The number of carboxylic acid groups (broad SMARTS) is 2. The van der Waals surface area contributed by atoms with E-state index in [0.717, 1.165) is 41.3 Å². The number of hydrogen-bond donors (Lipinski definition) is 4. The van der Waals surface area contributed by atoms with Crippen LogP contribution in [0.3, 0.4) is 0 Å². The molecule has 11 heteroatoms. The molecule has 0 aromatic heterocycles. The molecule has 10 nitrogen and oxygen atoms in total. The van der Waals surface area contributed by atoms with Crippen molar-refractivity contribution in [2.24, 2.45) is 10.8 Å². The average Bonchev–Trinajstić information content (AvgIpc) is 3.45. The van der Waals surface area contributed by atoms with Gasteiger partial charge < -0.3 is 31.2 Å². The van der Waals surface area contributed by atoms with Gasteiger partial charge in [0.1, 0.15) is 16.9 Å². The number of rotatable bonds is 12. The summed E-state index contributed by atoms with van der Waals surface area (Å²) in [5.41, 5.74) is 12.6. The minimum atomic E-state index is -1.01. The van der Waals surface area contributed by atoms with Crippen LogP contribution in [0.5, 0.6) is 0 Å². The normalized spacial score (nSPS) is 18.6. The zero-order valence-electron chi connectivity index (χ0n) is 33.2. The van der Waals surface area contributed by atoms with Crippen molar-refractivity contribution < 1.29 is 38.9 Å². The Morgan fingerprint density at radius 2 is 1.24 bits per heavy atom. The number of hydrogen-bond acceptors (Lipinski definition) is 9. The Hall–Kier alpha value is -5.03. The summed E-state index contributed by atoms with van der Waals surface area (Å²) in [6, 6.07) is 5.64. The van der Waals surface area contributed by atoms with Gasteiger partial charge in [-0.1, -0.05) is 115 Å². The number of esters is 2. The second-order valence-electron chi connectivity index (χ2n) is 12.9. The summed E-state index contributed by atoms with van der Waals surface area (Å²) in [6.07, 6.45) is 26.4. The minimum Gasteiger partial charge on any atom is -0.478 e. The fourth-order valence-electron chi connectivity index (χ4n) is 4.19. The number of benzene rings is 1. The van der Waals surface area contributed by atoms with Gasteiger partial charge in [0.15, 0.2) is 0 Å². The Kier molecular flexibility index (Phi) is 23.5. The number of thioether (sulfide) groups is 1. The molecule has 2 aliphatic rings. The fraction of sp³-hybridized carbons (Fsp3) is 0.395. The van der Waals surface area contributed by atoms with E-state index in [4.69, 9.17) is 31.2 Å². The zero-order chi connectivity index (χ0) is 41.3. The number of carboxylic acids is 2. The molecule has 0 heterocycles. The molecule has 1 aromatic carbocycles. The average molecular weight is 765 g/mol. The zero-order valence-corrected chi connectivity index (χ0v) is 34.0. The van der Waals surface area contributed by atoms with Gasteiger partial charge in [-0.25, -0.2) is 9.59 Å². The summed E-state index contributed by atoms with van der Waals surface area (Å²) in [4.78, 5) is 45.9. The summed E-state index contributed by atoms with van der Waals surface area (Å²) in [6.45, 7) is 16.1. The Labute approximate surface area is 326 Å². The number of anilines is 2. The smallest absolute Gasteiger partial charge is 0.328 e. The van der Waals surface area contributed by atoms with E-state index in [1.165, 1.54) is 32.1 Å². The van der Waals surface area contributed by atoms with Crippen LogP contribution in [-0.4, -0.2) is 52.6 Å². The highest BCUT2D eigenvalue weighted by molar-refractivity contribution is 8.00. The summed E-state index contributed by atoms with van der Waals surface area (Å²) in [5.74, 6) is -2.67. The lowest BCUT2D eigenvalue weighted by atomic mass is 9.90. The van der Waals surface area contributed by atoms with Crippen LogP contribution < -0.4 is 11.5 Å². The SMILES string of the molecule is CC(C)Sc1ccc(N)cc1N.CCC(CC)OC(=O)C1(C)C=CC=C(/C=C/C(=O)O)C=C1.CCCC.COC(=O)C1(C)C=CC=C(/C=C/C(=O)O)C=C1. The Balaban J connectivity index is 0.000000764. The number of nitrogens with two attached hydrogens (primary N) is 2. The summed E-state index contributed by atoms with van der Waals surface area (Å²) in [5, 5.41) is 17.7. The van der Waals surface area contributed by atoms with Crippen LogP contribution in [-0.2, 0) is 28.7 Å². The number of carbonyl (C=O) groups excluding carboxylic acids is 2. The van der Waals surface area contributed by atoms with Gasteiger partial charge in [0.2, 0.25) is 0 Å². The number of ether oxygens (including phenoxy) is 2. The first kappa shape index (κ1) is 49.0. The van der Waals surface area contributed by atoms with E-state index in [-0.39, 0.29) is 18.0 Å². The van der Waals surface area contributed by atoms with Gasteiger partial charge in [0.05, 0.1) is 7.11 Å². The molecule has 2 aliphatic carbocycles. The van der Waals surface area contributed by atoms with E-state index in [1.54, 1.807) is 92.4 Å². The van der Waals surface area contributed by atoms with Crippen molar-refractivity contribution in [3.05, 3.63) is 114 Å². The molecule has 0 saturated carbocycles. The van der Waals surface area contributed by atoms with Gasteiger partial charge in [-0.2, -0.15) is 0 Å². The van der Waals surface area contributed by atoms with Crippen molar-refractivity contribution in [2.45, 2.75) is 97.3 Å². The van der Waals surface area contributed by atoms with E-state index in [1.807, 2.05) is 26.0 Å². The third-order valence-electron chi connectivity index (χ3n) is 7.69. The lowest BCUT2D eigenvalue weighted by Crippen LogP contribution is -2.29. The maximum Gasteiger partial charge on any atom is 0.328 e. The molecule has 0 bridgehead atoms. The quantitative estimate of drug-likeness (QED) is 0.0689. The molecule has 0 amide bonds. The Bertz CT molecular complexity index is 1630. The number of allylic oxidation sites excluding steroid dienone is 10. The van der Waals surface area contributed by atoms with Crippen molar-refractivity contribution in [3.8, 4) is 0 Å². The van der Waals surface area contributed by atoms with Crippen LogP contribution in [0.2, 0.25) is 0 Å². The lowest BCUT2D eigenvalue weighted by Gasteiger charge is -2.23. The minimum absolute atomic E-state index is 0.0706. The molecule has 2 atom stereocenters. The molecule has 6 N–H and O–H groups in total. The first-order valence-corrected chi connectivity index (χ1v) is 18.9. The van der Waals surface area contributed by atoms with Crippen molar-refractivity contribution in [3.63, 3.8) is 0 Å². The predicted molar refractivity (Wildman–Crippen MR) is 222 cm³/mol. The molecular weight excluding hydrogens is 705 g/mol. The van der Waals surface area contributed by atoms with Crippen LogP contribution in [0.15, 0.2) is 119 Å². The van der Waals surface area contributed by atoms with Crippen LogP contribution in [0, 0.1) is 10.8 Å². The van der Waals surface area contributed by atoms with Crippen LogP contribution in [0.4, 0.5) is 11.4 Å². The van der Waals surface area contributed by atoms with Gasteiger partial charge >= 0.3 is 23.9 Å². The summed E-state index contributed by atoms with van der Waals surface area (Å²) in [7, 11) is 1.33. The van der Waals surface area contributed by atoms with Gasteiger partial charge in [-0.3, -0.25) is 9.59 Å². The highest BCUT2D eigenvalue weighted by atomic mass is 32.2. The fourth-order valence-corrected chi connectivity index (χ4v) is 5.04. The molecule has 54 heavy (non-hydrogen) atoms. The number of unbranched alkanes of at least 4 members (excludes halogenated alkanes) is 1. The molecular formula is C43H60N2O8S. The molecule has 296 valence electrons. The highest BCUT2D eigenvalue weighted by Gasteiger charge is 2.31. The van der Waals surface area contributed by atoms with Crippen LogP contribution >= 0.6 is 11.8 Å². The molecule has 0 saturated heterocycles. The van der Waals surface area contributed by atoms with Crippen molar-refractivity contribution in [1.82, 2.24) is 0 Å². The lowest BCUT2D eigenvalue weighted by molar-refractivity contribution is -0.155. The maximum atomic E-state index is 12.3. The number of carbonyl (C=O) groups is 4.